The average molecular weight is 448 g/mol. The number of piperidine rings is 1. The van der Waals surface area contributed by atoms with Crippen molar-refractivity contribution in [2.24, 2.45) is 11.3 Å². The molecule has 1 spiro atoms. The third-order valence-electron chi connectivity index (χ3n) is 8.06. The minimum atomic E-state index is 0.206. The Balaban J connectivity index is 1.05. The van der Waals surface area contributed by atoms with Gasteiger partial charge in [-0.05, 0) is 86.4 Å². The van der Waals surface area contributed by atoms with Gasteiger partial charge >= 0.3 is 0 Å². The molecule has 0 aromatic heterocycles. The molecule has 2 heterocycles. The van der Waals surface area contributed by atoms with Gasteiger partial charge in [-0.2, -0.15) is 0 Å². The lowest BCUT2D eigenvalue weighted by Gasteiger charge is -2.33. The van der Waals surface area contributed by atoms with E-state index in [1.165, 1.54) is 37.2 Å². The Morgan fingerprint density at radius 3 is 2.48 bits per heavy atom. The van der Waals surface area contributed by atoms with Crippen LogP contribution in [0.1, 0.15) is 43.2 Å². The maximum Gasteiger partial charge on any atom is 0.223 e. The third-order valence-corrected chi connectivity index (χ3v) is 8.06. The topological polar surface area (TPSA) is 44.8 Å². The van der Waals surface area contributed by atoms with Crippen molar-refractivity contribution in [1.29, 1.82) is 0 Å². The number of nitrogens with one attached hydrogen (secondary N) is 1. The van der Waals surface area contributed by atoms with Crippen LogP contribution in [0.5, 0.6) is 5.75 Å². The number of rotatable bonds is 8. The molecule has 176 valence electrons. The fraction of sp³-hybridized carbons (Fsp3) is 0.536. The van der Waals surface area contributed by atoms with Gasteiger partial charge in [0, 0.05) is 37.8 Å². The number of benzene rings is 2. The minimum Gasteiger partial charge on any atom is -0.496 e. The number of amides is 1. The largest absolute Gasteiger partial charge is 0.496 e. The van der Waals surface area contributed by atoms with Gasteiger partial charge in [0.1, 0.15) is 5.75 Å². The summed E-state index contributed by atoms with van der Waals surface area (Å²) in [7, 11) is 1.70. The van der Waals surface area contributed by atoms with Crippen LogP contribution < -0.4 is 15.0 Å². The first-order valence-corrected chi connectivity index (χ1v) is 12.6. The zero-order valence-corrected chi connectivity index (χ0v) is 19.9. The lowest BCUT2D eigenvalue weighted by molar-refractivity contribution is -0.123. The zero-order valence-electron chi connectivity index (χ0n) is 19.9. The molecule has 2 saturated heterocycles. The van der Waals surface area contributed by atoms with Crippen molar-refractivity contribution in [3.63, 3.8) is 0 Å². The van der Waals surface area contributed by atoms with Crippen LogP contribution in [0.4, 0.5) is 5.69 Å². The molecule has 2 aromatic rings. The Morgan fingerprint density at radius 1 is 1.03 bits per heavy atom. The molecular formula is C28H37N3O2. The molecule has 1 saturated carbocycles. The summed E-state index contributed by atoms with van der Waals surface area (Å²) in [5.74, 6) is 1.35. The zero-order chi connectivity index (χ0) is 22.7. The van der Waals surface area contributed by atoms with Gasteiger partial charge in [0.05, 0.1) is 7.11 Å². The Hall–Kier alpha value is -2.53. The van der Waals surface area contributed by atoms with Crippen molar-refractivity contribution in [2.45, 2.75) is 45.1 Å². The van der Waals surface area contributed by atoms with Crippen LogP contribution in [0.25, 0.3) is 0 Å². The van der Waals surface area contributed by atoms with Crippen molar-refractivity contribution in [2.75, 3.05) is 44.7 Å². The highest BCUT2D eigenvalue weighted by Gasteiger charge is 2.58. The van der Waals surface area contributed by atoms with Gasteiger partial charge in [-0.3, -0.25) is 9.69 Å². The van der Waals surface area contributed by atoms with E-state index < -0.39 is 0 Å². The Kier molecular flexibility index (Phi) is 6.59. The van der Waals surface area contributed by atoms with E-state index in [9.17, 15) is 4.79 Å². The van der Waals surface area contributed by atoms with Crippen LogP contribution in [0.15, 0.2) is 48.5 Å². The lowest BCUT2D eigenvalue weighted by atomic mass is 9.90. The lowest BCUT2D eigenvalue weighted by Crippen LogP contribution is -2.37. The standard InChI is InChI=1S/C28H37N3O2/c1-33-26-7-3-2-6-23(26)12-15-29-27(32)25-20-28(25)13-18-30(19-14-28)21-22-8-10-24(11-9-22)31-16-4-5-17-31/h2-3,6-11,25H,4-5,12-21H2,1H3,(H,29,32). The summed E-state index contributed by atoms with van der Waals surface area (Å²) in [4.78, 5) is 17.8. The number of ether oxygens (including phenoxy) is 1. The van der Waals surface area contributed by atoms with E-state index in [2.05, 4.69) is 45.4 Å². The maximum absolute atomic E-state index is 12.8. The van der Waals surface area contributed by atoms with Crippen molar-refractivity contribution < 1.29 is 9.53 Å². The SMILES string of the molecule is COc1ccccc1CCNC(=O)C1CC12CCN(Cc1ccc(N3CCCC3)cc1)CC2. The fourth-order valence-electron chi connectivity index (χ4n) is 5.83. The molecule has 1 N–H and O–H groups in total. The maximum atomic E-state index is 12.8. The first kappa shape index (κ1) is 22.3. The predicted molar refractivity (Wildman–Crippen MR) is 133 cm³/mol. The van der Waals surface area contributed by atoms with E-state index in [1.54, 1.807) is 7.11 Å². The van der Waals surface area contributed by atoms with Gasteiger partial charge in [-0.1, -0.05) is 30.3 Å². The third kappa shape index (κ3) is 5.03. The van der Waals surface area contributed by atoms with Gasteiger partial charge in [0.15, 0.2) is 0 Å². The molecular weight excluding hydrogens is 410 g/mol. The van der Waals surface area contributed by atoms with Crippen LogP contribution in [0.3, 0.4) is 0 Å². The Morgan fingerprint density at radius 2 is 1.76 bits per heavy atom. The van der Waals surface area contributed by atoms with Crippen LogP contribution in [-0.2, 0) is 17.8 Å². The van der Waals surface area contributed by atoms with E-state index in [1.807, 2.05) is 18.2 Å². The molecule has 5 rings (SSSR count). The van der Waals surface area contributed by atoms with Gasteiger partial charge in [-0.25, -0.2) is 0 Å². The van der Waals surface area contributed by atoms with E-state index >= 15 is 0 Å². The molecule has 0 radical (unpaired) electrons. The summed E-state index contributed by atoms with van der Waals surface area (Å²) in [5.41, 5.74) is 4.17. The van der Waals surface area contributed by atoms with Crippen molar-refractivity contribution in [1.82, 2.24) is 10.2 Å². The highest BCUT2D eigenvalue weighted by Crippen LogP contribution is 2.59. The molecule has 1 atom stereocenters. The van der Waals surface area contributed by atoms with E-state index in [-0.39, 0.29) is 17.2 Å². The summed E-state index contributed by atoms with van der Waals surface area (Å²) in [6.07, 6.45) is 6.79. The summed E-state index contributed by atoms with van der Waals surface area (Å²) in [6, 6.07) is 17.2. The van der Waals surface area contributed by atoms with Crippen molar-refractivity contribution in [3.8, 4) is 5.75 Å². The van der Waals surface area contributed by atoms with Gasteiger partial charge < -0.3 is 15.0 Å². The number of nitrogens with zero attached hydrogens (tertiary/aromatic N) is 2. The summed E-state index contributed by atoms with van der Waals surface area (Å²) < 4.78 is 5.41. The second-order valence-electron chi connectivity index (χ2n) is 10.1. The normalized spacial score (nSPS) is 21.8. The number of likely N-dealkylation sites (tertiary alicyclic amines) is 1. The van der Waals surface area contributed by atoms with Crippen molar-refractivity contribution in [3.05, 3.63) is 59.7 Å². The van der Waals surface area contributed by atoms with Crippen LogP contribution in [0.2, 0.25) is 0 Å². The van der Waals surface area contributed by atoms with Crippen LogP contribution >= 0.6 is 0 Å². The number of hydrogen-bond acceptors (Lipinski definition) is 4. The number of para-hydroxylation sites is 1. The molecule has 2 aromatic carbocycles. The number of anilines is 1. The van der Waals surface area contributed by atoms with Gasteiger partial charge in [0.2, 0.25) is 5.91 Å². The summed E-state index contributed by atoms with van der Waals surface area (Å²) in [5, 5.41) is 3.18. The first-order chi connectivity index (χ1) is 16.2. The molecule has 2 aliphatic heterocycles. The number of methoxy groups -OCH3 is 1. The monoisotopic (exact) mass is 447 g/mol. The molecule has 3 fully saturated rings. The fourth-order valence-corrected chi connectivity index (χ4v) is 5.83. The molecule has 1 aliphatic carbocycles. The first-order valence-electron chi connectivity index (χ1n) is 12.6. The summed E-state index contributed by atoms with van der Waals surface area (Å²) in [6.45, 7) is 6.28. The number of carbonyl (C=O) groups excluding carboxylic acids is 1. The smallest absolute Gasteiger partial charge is 0.223 e. The molecule has 1 amide bonds. The van der Waals surface area contributed by atoms with Gasteiger partial charge in [-0.15, -0.1) is 0 Å². The second-order valence-corrected chi connectivity index (χ2v) is 10.1. The van der Waals surface area contributed by atoms with E-state index in [0.29, 0.717) is 6.54 Å². The Labute approximate surface area is 198 Å². The minimum absolute atomic E-state index is 0.206. The number of hydrogen-bond donors (Lipinski definition) is 1. The van der Waals surface area contributed by atoms with Crippen molar-refractivity contribution >= 4 is 11.6 Å². The highest BCUT2D eigenvalue weighted by atomic mass is 16.5. The average Bonchev–Trinajstić information content (AvgIpc) is 3.26. The molecule has 1 unspecified atom stereocenters. The second kappa shape index (κ2) is 9.76. The molecule has 5 nitrogen and oxygen atoms in total. The molecule has 5 heteroatoms. The van der Waals surface area contributed by atoms with Crippen LogP contribution in [-0.4, -0.2) is 50.6 Å². The molecule has 3 aliphatic rings. The molecule has 0 bridgehead atoms. The van der Waals surface area contributed by atoms with E-state index in [4.69, 9.17) is 4.74 Å². The molecule has 33 heavy (non-hydrogen) atoms. The highest BCUT2D eigenvalue weighted by molar-refractivity contribution is 5.82. The summed E-state index contributed by atoms with van der Waals surface area (Å²) >= 11 is 0. The predicted octanol–water partition coefficient (Wildman–Crippen LogP) is 4.26. The van der Waals surface area contributed by atoms with Gasteiger partial charge in [0.25, 0.3) is 0 Å². The number of carbonyl (C=O) groups is 1. The Bertz CT molecular complexity index is 944. The van der Waals surface area contributed by atoms with Crippen LogP contribution in [0, 0.1) is 11.3 Å². The quantitative estimate of drug-likeness (QED) is 0.657. The van der Waals surface area contributed by atoms with E-state index in [0.717, 1.165) is 56.6 Å².